The Bertz CT molecular complexity index is 2180. The predicted molar refractivity (Wildman–Crippen MR) is 220 cm³/mol. The molecule has 0 saturated carbocycles. The van der Waals surface area contributed by atoms with Crippen LogP contribution >= 0.6 is 0 Å². The minimum absolute atomic E-state index is 0. The number of allylic oxidation sites excluding steroid dienone is 8. The normalized spacial score (nSPS) is 17.5. The second-order valence-electron chi connectivity index (χ2n) is 17.4. The zero-order valence-corrected chi connectivity index (χ0v) is 37.8. The maximum atomic E-state index is 12.8. The Kier molecular flexibility index (Phi) is 13.9. The summed E-state index contributed by atoms with van der Waals surface area (Å²) in [6.07, 6.45) is 14.7. The third-order valence-electron chi connectivity index (χ3n) is 11.2. The van der Waals surface area contributed by atoms with Crippen molar-refractivity contribution in [2.24, 2.45) is 11.3 Å². The second-order valence-corrected chi connectivity index (χ2v) is 18.7. The molecule has 0 nitrogen and oxygen atoms in total. The van der Waals surface area contributed by atoms with Gasteiger partial charge in [0.2, 0.25) is 0 Å². The molecule has 0 saturated heterocycles. The number of halogens is 4. The Balaban J connectivity index is 0.000000205. The van der Waals surface area contributed by atoms with E-state index >= 15 is 0 Å². The summed E-state index contributed by atoms with van der Waals surface area (Å²) in [6, 6.07) is 25.0. The largest absolute Gasteiger partial charge is 1.00 e. The summed E-state index contributed by atoms with van der Waals surface area (Å²) in [4.78, 5) is 0. The molecular weight excluding hydrogens is 801 g/mol. The molecule has 0 N–H and O–H groups in total. The molecule has 0 aromatic heterocycles. The van der Waals surface area contributed by atoms with Crippen molar-refractivity contribution in [3.05, 3.63) is 160 Å². The Morgan fingerprint density at radius 3 is 1.44 bits per heavy atom. The van der Waals surface area contributed by atoms with Gasteiger partial charge in [0.25, 0.3) is 0 Å². The van der Waals surface area contributed by atoms with Gasteiger partial charge >= 0.3 is 108 Å². The summed E-state index contributed by atoms with van der Waals surface area (Å²) >= 11 is 1.22. The number of rotatable bonds is 2. The molecule has 5 aromatic carbocycles. The first-order valence-electron chi connectivity index (χ1n) is 18.8. The standard InChI is InChI=1S/C27H29.C13H8F2.C10H15.2ClH.Zr/c1-16-7-9-26(3,4)24-12-18-11-19-13-25-21(17(2)8-10-27(25,5)6)15-23(19)22(18)14-20(16)24;14-12-5-1-10(2-6-12)9-11-3-7-13(15)8-4-11;1-8-5-6-9(7-8)10(2,3)4;;;/h7-8,11-15H,9-10H2,1-6H3;1-8H;6-8H,1-4H3;2*1H;/q-1;;-1;;;+2/p-2. The van der Waals surface area contributed by atoms with Crippen LogP contribution in [0.2, 0.25) is 0 Å². The maximum absolute atomic E-state index is 12.8. The quantitative estimate of drug-likeness (QED) is 0.159. The van der Waals surface area contributed by atoms with Crippen LogP contribution in [0.1, 0.15) is 115 Å². The average molecular weight is 853 g/mol. The molecule has 5 aromatic rings. The van der Waals surface area contributed by atoms with Crippen molar-refractivity contribution >= 4 is 35.9 Å². The van der Waals surface area contributed by atoms with Gasteiger partial charge in [-0.1, -0.05) is 102 Å². The van der Waals surface area contributed by atoms with Crippen molar-refractivity contribution in [2.45, 2.75) is 92.9 Å². The number of benzene rings is 4. The zero-order chi connectivity index (χ0) is 38.5. The topological polar surface area (TPSA) is 0 Å². The zero-order valence-electron chi connectivity index (χ0n) is 33.8. The molecule has 5 heteroatoms. The molecule has 0 amide bonds. The van der Waals surface area contributed by atoms with Gasteiger partial charge in [0.05, 0.1) is 0 Å². The summed E-state index contributed by atoms with van der Waals surface area (Å²) < 4.78 is 26.6. The fraction of sp³-hybridized carbons (Fsp3) is 0.320. The van der Waals surface area contributed by atoms with Gasteiger partial charge in [0.15, 0.2) is 0 Å². The average Bonchev–Trinajstić information content (AvgIpc) is 3.71. The van der Waals surface area contributed by atoms with Crippen molar-refractivity contribution in [1.82, 2.24) is 0 Å². The van der Waals surface area contributed by atoms with Crippen LogP contribution < -0.4 is 24.8 Å². The second kappa shape index (κ2) is 17.2. The number of hydrogen-bond acceptors (Lipinski definition) is 0. The van der Waals surface area contributed by atoms with Crippen LogP contribution in [0.4, 0.5) is 8.78 Å². The third kappa shape index (κ3) is 9.72. The molecule has 0 heterocycles. The monoisotopic (exact) mass is 850 g/mol. The van der Waals surface area contributed by atoms with Crippen molar-refractivity contribution in [1.29, 1.82) is 0 Å². The molecule has 1 unspecified atom stereocenters. The van der Waals surface area contributed by atoms with E-state index in [9.17, 15) is 8.78 Å². The van der Waals surface area contributed by atoms with Gasteiger partial charge in [-0.15, -0.1) is 39.7 Å². The van der Waals surface area contributed by atoms with Crippen LogP contribution in [-0.4, -0.2) is 3.21 Å². The summed E-state index contributed by atoms with van der Waals surface area (Å²) in [5.74, 6) is 0.0344. The van der Waals surface area contributed by atoms with Gasteiger partial charge in [0.1, 0.15) is 0 Å². The molecule has 0 bridgehead atoms. The Labute approximate surface area is 355 Å². The first kappa shape index (κ1) is 44.6. The molecule has 3 aliphatic rings. The van der Waals surface area contributed by atoms with E-state index in [-0.39, 0.29) is 47.3 Å². The van der Waals surface area contributed by atoms with Gasteiger partial charge in [0, 0.05) is 0 Å². The summed E-state index contributed by atoms with van der Waals surface area (Å²) in [7, 11) is 0. The van der Waals surface area contributed by atoms with Crippen molar-refractivity contribution in [2.75, 3.05) is 0 Å². The van der Waals surface area contributed by atoms with Crippen molar-refractivity contribution in [3.63, 3.8) is 0 Å². The van der Waals surface area contributed by atoms with Crippen LogP contribution in [-0.2, 0) is 35.1 Å². The van der Waals surface area contributed by atoms with E-state index in [4.69, 9.17) is 0 Å². The van der Waals surface area contributed by atoms with Crippen molar-refractivity contribution < 1.29 is 57.8 Å². The molecular formula is C50H52Cl2F2Zr-2. The van der Waals surface area contributed by atoms with E-state index in [1.807, 2.05) is 0 Å². The molecule has 0 spiro atoms. The fourth-order valence-corrected chi connectivity index (χ4v) is 8.41. The number of fused-ring (bicyclic) bond motifs is 5. The van der Waals surface area contributed by atoms with E-state index in [1.54, 1.807) is 24.3 Å². The molecule has 3 aliphatic carbocycles. The minimum Gasteiger partial charge on any atom is -1.00 e. The van der Waals surface area contributed by atoms with E-state index in [1.165, 1.54) is 109 Å². The minimum atomic E-state index is -0.244. The third-order valence-corrected chi connectivity index (χ3v) is 12.6. The molecule has 55 heavy (non-hydrogen) atoms. The smallest absolute Gasteiger partial charge is 1.00 e. The summed E-state index contributed by atoms with van der Waals surface area (Å²) in [6.45, 7) is 22.9. The Hall–Kier alpha value is -3.10. The number of hydrogen-bond donors (Lipinski definition) is 0. The van der Waals surface area contributed by atoms with Crippen LogP contribution in [0.3, 0.4) is 0 Å². The molecule has 0 fully saturated rings. The first-order chi connectivity index (χ1) is 24.8. The van der Waals surface area contributed by atoms with E-state index in [0.717, 1.165) is 27.2 Å². The van der Waals surface area contributed by atoms with Crippen LogP contribution in [0, 0.1) is 29.0 Å². The van der Waals surface area contributed by atoms with Crippen molar-refractivity contribution in [3.8, 4) is 0 Å². The van der Waals surface area contributed by atoms with Gasteiger partial charge in [-0.05, 0) is 59.8 Å². The van der Waals surface area contributed by atoms with Crippen LogP contribution in [0.25, 0.3) is 32.7 Å². The van der Waals surface area contributed by atoms with E-state index < -0.39 is 0 Å². The van der Waals surface area contributed by atoms with E-state index in [2.05, 4.69) is 130 Å². The summed E-state index contributed by atoms with van der Waals surface area (Å²) in [5.41, 5.74) is 12.9. The Morgan fingerprint density at radius 2 is 1.11 bits per heavy atom. The predicted octanol–water partition coefficient (Wildman–Crippen LogP) is 7.94. The van der Waals surface area contributed by atoms with Gasteiger partial charge in [-0.2, -0.15) is 11.6 Å². The van der Waals surface area contributed by atoms with Crippen LogP contribution in [0.5, 0.6) is 0 Å². The molecule has 1 atom stereocenters. The molecule has 0 aliphatic heterocycles. The summed E-state index contributed by atoms with van der Waals surface area (Å²) in [5, 5.41) is 5.61. The molecule has 8 rings (SSSR count). The van der Waals surface area contributed by atoms with Crippen LogP contribution in [0.15, 0.2) is 109 Å². The Morgan fingerprint density at radius 1 is 0.709 bits per heavy atom. The first-order valence-corrected chi connectivity index (χ1v) is 20.1. The maximum Gasteiger partial charge on any atom is -1.00 e. The molecule has 286 valence electrons. The van der Waals surface area contributed by atoms with Gasteiger partial charge in [-0.25, -0.2) is 6.08 Å². The van der Waals surface area contributed by atoms with Gasteiger partial charge in [-0.3, -0.25) is 6.08 Å². The van der Waals surface area contributed by atoms with E-state index in [0.29, 0.717) is 11.3 Å². The SMILES string of the molecule is CC1=CCC(C)(C)c2cc3[cH-]c4cc5c(cc4c3cc21)C(C)=CCC5(C)C.CC1[C-]=CC(C(C)(C)C)=C1.Fc1ccc([C](=[Zr+2])c2ccc(F)cc2)cc1.[Cl-].[Cl-]. The van der Waals surface area contributed by atoms with Gasteiger partial charge < -0.3 is 24.8 Å². The molecule has 0 radical (unpaired) electrons. The fourth-order valence-electron chi connectivity index (χ4n) is 7.59.